The van der Waals surface area contributed by atoms with Crippen LogP contribution in [0.1, 0.15) is 37.7 Å². The second-order valence-electron chi connectivity index (χ2n) is 7.19. The van der Waals surface area contributed by atoms with E-state index < -0.39 is 10.0 Å². The second kappa shape index (κ2) is 9.17. The van der Waals surface area contributed by atoms with Crippen molar-refractivity contribution < 1.29 is 13.2 Å². The van der Waals surface area contributed by atoms with Gasteiger partial charge in [-0.05, 0) is 37.7 Å². The van der Waals surface area contributed by atoms with Crippen molar-refractivity contribution in [3.8, 4) is 0 Å². The molecule has 1 saturated carbocycles. The van der Waals surface area contributed by atoms with Crippen molar-refractivity contribution in [3.05, 3.63) is 35.9 Å². The summed E-state index contributed by atoms with van der Waals surface area (Å²) in [7, 11) is -3.31. The van der Waals surface area contributed by atoms with E-state index in [1.54, 1.807) is 4.31 Å². The Kier molecular flexibility index (Phi) is 7.46. The van der Waals surface area contributed by atoms with Crippen molar-refractivity contribution in [2.75, 3.05) is 13.1 Å². The molecule has 1 heterocycles. The standard InChI is InChI=1S/C18H27N3O3S.ClH/c19-16-7-6-15(12-16)18(22)20-17-8-10-21(11-9-17)25(23,24)13-14-4-2-1-3-5-14;/h1-5,15-17H,6-13,19H2,(H,20,22);1H. The number of amides is 1. The fourth-order valence-corrected chi connectivity index (χ4v) is 5.29. The Morgan fingerprint density at radius 2 is 1.77 bits per heavy atom. The zero-order valence-corrected chi connectivity index (χ0v) is 16.5. The molecule has 0 radical (unpaired) electrons. The van der Waals surface area contributed by atoms with Gasteiger partial charge in [-0.2, -0.15) is 0 Å². The predicted molar refractivity (Wildman–Crippen MR) is 104 cm³/mol. The van der Waals surface area contributed by atoms with Crippen molar-refractivity contribution in [1.82, 2.24) is 9.62 Å². The highest BCUT2D eigenvalue weighted by Crippen LogP contribution is 2.25. The van der Waals surface area contributed by atoms with Crippen LogP contribution in [0.2, 0.25) is 0 Å². The lowest BCUT2D eigenvalue weighted by Crippen LogP contribution is -2.47. The smallest absolute Gasteiger partial charge is 0.223 e. The third-order valence-corrected chi connectivity index (χ3v) is 7.08. The third kappa shape index (κ3) is 5.42. The first-order valence-electron chi connectivity index (χ1n) is 9.02. The lowest BCUT2D eigenvalue weighted by atomic mass is 10.0. The Morgan fingerprint density at radius 3 is 2.35 bits per heavy atom. The summed E-state index contributed by atoms with van der Waals surface area (Å²) in [5.41, 5.74) is 6.67. The Hall–Kier alpha value is -1.15. The summed E-state index contributed by atoms with van der Waals surface area (Å²) in [6.45, 7) is 0.925. The number of nitrogens with two attached hydrogens (primary N) is 1. The van der Waals surface area contributed by atoms with Gasteiger partial charge in [0.1, 0.15) is 0 Å². The molecule has 26 heavy (non-hydrogen) atoms. The normalized spacial score (nSPS) is 24.8. The molecule has 146 valence electrons. The highest BCUT2D eigenvalue weighted by molar-refractivity contribution is 7.88. The molecule has 8 heteroatoms. The summed E-state index contributed by atoms with van der Waals surface area (Å²) in [6, 6.07) is 9.44. The van der Waals surface area contributed by atoms with Gasteiger partial charge in [-0.3, -0.25) is 4.79 Å². The minimum Gasteiger partial charge on any atom is -0.353 e. The summed E-state index contributed by atoms with van der Waals surface area (Å²) in [5, 5.41) is 3.09. The number of nitrogens with one attached hydrogen (secondary N) is 1. The fourth-order valence-electron chi connectivity index (χ4n) is 3.73. The molecule has 6 nitrogen and oxygen atoms in total. The van der Waals surface area contributed by atoms with E-state index in [-0.39, 0.29) is 42.1 Å². The Balaban J connectivity index is 0.00000243. The van der Waals surface area contributed by atoms with E-state index in [2.05, 4.69) is 5.32 Å². The average Bonchev–Trinajstić information content (AvgIpc) is 3.02. The Labute approximate surface area is 162 Å². The van der Waals surface area contributed by atoms with Crippen molar-refractivity contribution >= 4 is 28.3 Å². The summed E-state index contributed by atoms with van der Waals surface area (Å²) in [4.78, 5) is 12.3. The van der Waals surface area contributed by atoms with Gasteiger partial charge >= 0.3 is 0 Å². The van der Waals surface area contributed by atoms with E-state index in [1.807, 2.05) is 30.3 Å². The SMILES string of the molecule is Cl.NC1CCC(C(=O)NC2CCN(S(=O)(=O)Cc3ccccc3)CC2)C1. The highest BCUT2D eigenvalue weighted by Gasteiger charge is 2.32. The van der Waals surface area contributed by atoms with Crippen LogP contribution in [-0.2, 0) is 20.6 Å². The zero-order chi connectivity index (χ0) is 17.9. The van der Waals surface area contributed by atoms with Crippen LogP contribution in [0.3, 0.4) is 0 Å². The van der Waals surface area contributed by atoms with Crippen LogP contribution >= 0.6 is 12.4 Å². The maximum absolute atomic E-state index is 12.6. The number of nitrogens with zero attached hydrogens (tertiary/aromatic N) is 1. The quantitative estimate of drug-likeness (QED) is 0.784. The molecule has 1 aromatic carbocycles. The maximum atomic E-state index is 12.6. The number of piperidine rings is 1. The van der Waals surface area contributed by atoms with Crippen LogP contribution in [0.25, 0.3) is 0 Å². The van der Waals surface area contributed by atoms with E-state index in [0.717, 1.165) is 24.8 Å². The fraction of sp³-hybridized carbons (Fsp3) is 0.611. The number of carbonyl (C=O) groups excluding carboxylic acids is 1. The first-order valence-corrected chi connectivity index (χ1v) is 10.6. The molecule has 2 atom stereocenters. The maximum Gasteiger partial charge on any atom is 0.223 e. The molecular weight excluding hydrogens is 374 g/mol. The van der Waals surface area contributed by atoms with Crippen LogP contribution in [0, 0.1) is 5.92 Å². The van der Waals surface area contributed by atoms with Crippen LogP contribution in [0.15, 0.2) is 30.3 Å². The molecule has 0 spiro atoms. The molecule has 1 saturated heterocycles. The molecule has 2 fully saturated rings. The van der Waals surface area contributed by atoms with E-state index >= 15 is 0 Å². The summed E-state index contributed by atoms with van der Waals surface area (Å²) < 4.78 is 26.7. The van der Waals surface area contributed by atoms with Gasteiger partial charge in [-0.1, -0.05) is 30.3 Å². The van der Waals surface area contributed by atoms with E-state index in [0.29, 0.717) is 25.9 Å². The number of halogens is 1. The lowest BCUT2D eigenvalue weighted by molar-refractivity contribution is -0.125. The molecule has 0 bridgehead atoms. The minimum absolute atomic E-state index is 0. The molecule has 3 rings (SSSR count). The Morgan fingerprint density at radius 1 is 1.12 bits per heavy atom. The molecule has 3 N–H and O–H groups in total. The number of hydrogen-bond donors (Lipinski definition) is 2. The number of rotatable bonds is 5. The minimum atomic E-state index is -3.31. The van der Waals surface area contributed by atoms with Gasteiger partial charge in [0.2, 0.25) is 15.9 Å². The summed E-state index contributed by atoms with van der Waals surface area (Å²) >= 11 is 0. The molecule has 1 amide bonds. The van der Waals surface area contributed by atoms with Gasteiger partial charge in [-0.15, -0.1) is 12.4 Å². The van der Waals surface area contributed by atoms with Crippen molar-refractivity contribution in [1.29, 1.82) is 0 Å². The highest BCUT2D eigenvalue weighted by atomic mass is 35.5. The first kappa shape index (κ1) is 21.2. The zero-order valence-electron chi connectivity index (χ0n) is 14.8. The van der Waals surface area contributed by atoms with E-state index in [1.165, 1.54) is 0 Å². The topological polar surface area (TPSA) is 92.5 Å². The number of sulfonamides is 1. The number of benzene rings is 1. The molecule has 1 aliphatic heterocycles. The first-order chi connectivity index (χ1) is 11.9. The summed E-state index contributed by atoms with van der Waals surface area (Å²) in [5.74, 6) is 0.138. The van der Waals surface area contributed by atoms with Crippen LogP contribution in [0.4, 0.5) is 0 Å². The van der Waals surface area contributed by atoms with Gasteiger partial charge in [0.25, 0.3) is 0 Å². The summed E-state index contributed by atoms with van der Waals surface area (Å²) in [6.07, 6.45) is 3.86. The predicted octanol–water partition coefficient (Wildman–Crippen LogP) is 1.65. The van der Waals surface area contributed by atoms with Gasteiger partial charge in [0.05, 0.1) is 5.75 Å². The van der Waals surface area contributed by atoms with Crippen LogP contribution in [-0.4, -0.2) is 43.8 Å². The van der Waals surface area contributed by atoms with Crippen LogP contribution < -0.4 is 11.1 Å². The van der Waals surface area contributed by atoms with Crippen LogP contribution in [0.5, 0.6) is 0 Å². The molecule has 1 aliphatic carbocycles. The average molecular weight is 402 g/mol. The molecule has 2 aliphatic rings. The monoisotopic (exact) mass is 401 g/mol. The Bertz CT molecular complexity index is 691. The van der Waals surface area contributed by atoms with Gasteiger partial charge in [0, 0.05) is 31.1 Å². The van der Waals surface area contributed by atoms with E-state index in [9.17, 15) is 13.2 Å². The van der Waals surface area contributed by atoms with Gasteiger partial charge < -0.3 is 11.1 Å². The third-order valence-electron chi connectivity index (χ3n) is 5.23. The molecule has 0 aromatic heterocycles. The van der Waals surface area contributed by atoms with Crippen molar-refractivity contribution in [3.63, 3.8) is 0 Å². The molecular formula is C18H28ClN3O3S. The van der Waals surface area contributed by atoms with Gasteiger partial charge in [-0.25, -0.2) is 12.7 Å². The second-order valence-corrected chi connectivity index (χ2v) is 9.16. The van der Waals surface area contributed by atoms with Gasteiger partial charge in [0.15, 0.2) is 0 Å². The van der Waals surface area contributed by atoms with Crippen molar-refractivity contribution in [2.45, 2.75) is 49.9 Å². The molecule has 2 unspecified atom stereocenters. The number of carbonyl (C=O) groups is 1. The lowest BCUT2D eigenvalue weighted by Gasteiger charge is -2.32. The van der Waals surface area contributed by atoms with Crippen molar-refractivity contribution in [2.24, 2.45) is 11.7 Å². The number of hydrogen-bond acceptors (Lipinski definition) is 4. The molecule has 1 aromatic rings. The largest absolute Gasteiger partial charge is 0.353 e. The van der Waals surface area contributed by atoms with E-state index in [4.69, 9.17) is 5.73 Å².